The summed E-state index contributed by atoms with van der Waals surface area (Å²) in [7, 11) is 0. The van der Waals surface area contributed by atoms with Crippen molar-refractivity contribution in [2.45, 2.75) is 32.1 Å². The molecule has 120 valence electrons. The average molecular weight is 311 g/mol. The Bertz CT molecular complexity index is 682. The van der Waals surface area contributed by atoms with Crippen LogP contribution in [-0.4, -0.2) is 17.0 Å². The van der Waals surface area contributed by atoms with Crippen LogP contribution in [0.3, 0.4) is 0 Å². The van der Waals surface area contributed by atoms with Crippen molar-refractivity contribution in [1.29, 1.82) is 0 Å². The molecule has 2 unspecified atom stereocenters. The predicted octanol–water partition coefficient (Wildman–Crippen LogP) is 4.01. The summed E-state index contributed by atoms with van der Waals surface area (Å²) in [6, 6.07) is 16.6. The van der Waals surface area contributed by atoms with Crippen LogP contribution in [0.25, 0.3) is 0 Å². The third-order valence-corrected chi connectivity index (χ3v) is 3.95. The number of carbonyl (C=O) groups excluding carboxylic acids is 1. The molecule has 4 heteroatoms. The van der Waals surface area contributed by atoms with E-state index < -0.39 is 11.9 Å². The van der Waals surface area contributed by atoms with E-state index in [4.69, 9.17) is 5.11 Å². The molecule has 0 bridgehead atoms. The zero-order valence-electron chi connectivity index (χ0n) is 13.3. The number of rotatable bonds is 6. The van der Waals surface area contributed by atoms with Gasteiger partial charge in [0.25, 0.3) is 0 Å². The second kappa shape index (κ2) is 7.58. The first-order valence-electron chi connectivity index (χ1n) is 7.71. The maximum absolute atomic E-state index is 12.5. The molecular formula is C19H21NO3. The van der Waals surface area contributed by atoms with Gasteiger partial charge in [0.1, 0.15) is 0 Å². The molecule has 0 heterocycles. The fourth-order valence-electron chi connectivity index (χ4n) is 2.52. The van der Waals surface area contributed by atoms with Crippen molar-refractivity contribution in [3.05, 3.63) is 65.7 Å². The Kier molecular flexibility index (Phi) is 5.52. The molecule has 0 radical (unpaired) electrons. The minimum atomic E-state index is -0.885. The van der Waals surface area contributed by atoms with Gasteiger partial charge in [0.05, 0.1) is 11.8 Å². The Morgan fingerprint density at radius 3 is 2.30 bits per heavy atom. The number of benzene rings is 2. The summed E-state index contributed by atoms with van der Waals surface area (Å²) in [5.41, 5.74) is 2.26. The lowest BCUT2D eigenvalue weighted by atomic mass is 9.95. The Balaban J connectivity index is 2.16. The first-order valence-corrected chi connectivity index (χ1v) is 7.71. The molecule has 4 nitrogen and oxygen atoms in total. The summed E-state index contributed by atoms with van der Waals surface area (Å²) < 4.78 is 0. The molecule has 0 spiro atoms. The van der Waals surface area contributed by atoms with E-state index in [9.17, 15) is 9.59 Å². The SMILES string of the molecule is CCC(C(=O)Nc1cccc(C(C)C(=O)O)c1)c1ccccc1. The van der Waals surface area contributed by atoms with E-state index in [-0.39, 0.29) is 11.8 Å². The molecule has 2 aromatic rings. The average Bonchev–Trinajstić information content (AvgIpc) is 2.56. The largest absolute Gasteiger partial charge is 0.481 e. The summed E-state index contributed by atoms with van der Waals surface area (Å²) in [4.78, 5) is 23.6. The van der Waals surface area contributed by atoms with Gasteiger partial charge < -0.3 is 10.4 Å². The molecule has 2 atom stereocenters. The first kappa shape index (κ1) is 16.7. The lowest BCUT2D eigenvalue weighted by Gasteiger charge is -2.16. The van der Waals surface area contributed by atoms with Crippen molar-refractivity contribution in [3.63, 3.8) is 0 Å². The van der Waals surface area contributed by atoms with Crippen LogP contribution in [0.15, 0.2) is 54.6 Å². The molecule has 0 aliphatic rings. The Morgan fingerprint density at radius 1 is 1.04 bits per heavy atom. The number of carboxylic acids is 1. The van der Waals surface area contributed by atoms with Gasteiger partial charge in [-0.2, -0.15) is 0 Å². The fourth-order valence-corrected chi connectivity index (χ4v) is 2.52. The van der Waals surface area contributed by atoms with Crippen LogP contribution >= 0.6 is 0 Å². The van der Waals surface area contributed by atoms with Crippen LogP contribution in [0.2, 0.25) is 0 Å². The van der Waals surface area contributed by atoms with Gasteiger partial charge in [-0.25, -0.2) is 0 Å². The van der Waals surface area contributed by atoms with Crippen molar-refractivity contribution >= 4 is 17.6 Å². The second-order valence-electron chi connectivity index (χ2n) is 5.55. The number of aliphatic carboxylic acids is 1. The van der Waals surface area contributed by atoms with E-state index in [0.29, 0.717) is 17.7 Å². The van der Waals surface area contributed by atoms with Crippen LogP contribution in [0.5, 0.6) is 0 Å². The fraction of sp³-hybridized carbons (Fsp3) is 0.263. The van der Waals surface area contributed by atoms with Crippen LogP contribution < -0.4 is 5.32 Å². The molecule has 1 amide bonds. The number of amides is 1. The minimum absolute atomic E-state index is 0.0844. The van der Waals surface area contributed by atoms with Crippen LogP contribution in [-0.2, 0) is 9.59 Å². The first-order chi connectivity index (χ1) is 11.0. The molecular weight excluding hydrogens is 290 g/mol. The van der Waals surface area contributed by atoms with Crippen molar-refractivity contribution in [2.75, 3.05) is 5.32 Å². The van der Waals surface area contributed by atoms with Gasteiger partial charge in [0.2, 0.25) is 5.91 Å². The summed E-state index contributed by atoms with van der Waals surface area (Å²) in [6.07, 6.45) is 0.696. The van der Waals surface area contributed by atoms with Crippen LogP contribution in [0, 0.1) is 0 Å². The van der Waals surface area contributed by atoms with Crippen LogP contribution in [0.1, 0.15) is 43.2 Å². The number of carbonyl (C=O) groups is 2. The van der Waals surface area contributed by atoms with E-state index in [1.807, 2.05) is 37.3 Å². The van der Waals surface area contributed by atoms with Crippen LogP contribution in [0.4, 0.5) is 5.69 Å². The third-order valence-electron chi connectivity index (χ3n) is 3.95. The molecule has 0 saturated heterocycles. The molecule has 0 aliphatic heterocycles. The van der Waals surface area contributed by atoms with Gasteiger partial charge in [-0.15, -0.1) is 0 Å². The normalized spacial score (nSPS) is 13.1. The van der Waals surface area contributed by atoms with Gasteiger partial charge in [-0.1, -0.05) is 49.4 Å². The summed E-state index contributed by atoms with van der Waals surface area (Å²) in [5.74, 6) is -1.80. The smallest absolute Gasteiger partial charge is 0.310 e. The monoisotopic (exact) mass is 311 g/mol. The molecule has 23 heavy (non-hydrogen) atoms. The Labute approximate surface area is 136 Å². The maximum atomic E-state index is 12.5. The predicted molar refractivity (Wildman–Crippen MR) is 90.6 cm³/mol. The molecule has 0 aliphatic carbocycles. The molecule has 0 aromatic heterocycles. The highest BCUT2D eigenvalue weighted by Crippen LogP contribution is 2.23. The van der Waals surface area contributed by atoms with Gasteiger partial charge in [-0.3, -0.25) is 9.59 Å². The molecule has 2 rings (SSSR count). The lowest BCUT2D eigenvalue weighted by molar-refractivity contribution is -0.138. The van der Waals surface area contributed by atoms with Crippen molar-refractivity contribution in [3.8, 4) is 0 Å². The van der Waals surface area contributed by atoms with Gasteiger partial charge in [0, 0.05) is 5.69 Å². The summed E-state index contributed by atoms with van der Waals surface area (Å²) >= 11 is 0. The molecule has 2 aromatic carbocycles. The second-order valence-corrected chi connectivity index (χ2v) is 5.55. The van der Waals surface area contributed by atoms with E-state index >= 15 is 0 Å². The Hall–Kier alpha value is -2.62. The highest BCUT2D eigenvalue weighted by molar-refractivity contribution is 5.96. The van der Waals surface area contributed by atoms with E-state index in [0.717, 1.165) is 5.56 Å². The van der Waals surface area contributed by atoms with Crippen molar-refractivity contribution in [1.82, 2.24) is 0 Å². The highest BCUT2D eigenvalue weighted by Gasteiger charge is 2.19. The topological polar surface area (TPSA) is 66.4 Å². The van der Waals surface area contributed by atoms with E-state index in [1.54, 1.807) is 31.2 Å². The zero-order valence-corrected chi connectivity index (χ0v) is 13.3. The van der Waals surface area contributed by atoms with E-state index in [1.165, 1.54) is 0 Å². The minimum Gasteiger partial charge on any atom is -0.481 e. The van der Waals surface area contributed by atoms with Gasteiger partial charge in [0.15, 0.2) is 0 Å². The molecule has 2 N–H and O–H groups in total. The number of hydrogen-bond acceptors (Lipinski definition) is 2. The quantitative estimate of drug-likeness (QED) is 0.847. The summed E-state index contributed by atoms with van der Waals surface area (Å²) in [6.45, 7) is 3.60. The number of nitrogens with one attached hydrogen (secondary N) is 1. The number of hydrogen-bond donors (Lipinski definition) is 2. The van der Waals surface area contributed by atoms with Crippen molar-refractivity contribution < 1.29 is 14.7 Å². The van der Waals surface area contributed by atoms with Gasteiger partial charge >= 0.3 is 5.97 Å². The highest BCUT2D eigenvalue weighted by atomic mass is 16.4. The number of anilines is 1. The van der Waals surface area contributed by atoms with Crippen molar-refractivity contribution in [2.24, 2.45) is 0 Å². The molecule has 0 saturated carbocycles. The van der Waals surface area contributed by atoms with Gasteiger partial charge in [-0.05, 0) is 36.6 Å². The standard InChI is InChI=1S/C19H21NO3/c1-3-17(14-8-5-4-6-9-14)18(21)20-16-11-7-10-15(12-16)13(2)19(22)23/h4-13,17H,3H2,1-2H3,(H,20,21)(H,22,23). The van der Waals surface area contributed by atoms with E-state index in [2.05, 4.69) is 5.32 Å². The lowest BCUT2D eigenvalue weighted by Crippen LogP contribution is -2.20. The molecule has 0 fully saturated rings. The Morgan fingerprint density at radius 2 is 1.70 bits per heavy atom. The summed E-state index contributed by atoms with van der Waals surface area (Å²) in [5, 5.41) is 12.0. The number of carboxylic acid groups (broad SMARTS) is 1. The maximum Gasteiger partial charge on any atom is 0.310 e. The zero-order chi connectivity index (χ0) is 16.8. The third kappa shape index (κ3) is 4.19.